The Balaban J connectivity index is 2.21. The lowest BCUT2D eigenvalue weighted by Gasteiger charge is -2.22. The minimum atomic E-state index is -0.334. The van der Waals surface area contributed by atoms with Gasteiger partial charge in [-0.3, -0.25) is 0 Å². The largest absolute Gasteiger partial charge is 0.465 e. The summed E-state index contributed by atoms with van der Waals surface area (Å²) in [5.41, 5.74) is 1.92. The Morgan fingerprint density at radius 1 is 1.26 bits per heavy atom. The Morgan fingerprint density at radius 2 is 2.00 bits per heavy atom. The number of fused-ring (bicyclic) bond motifs is 1. The van der Waals surface area contributed by atoms with E-state index in [-0.39, 0.29) is 5.97 Å². The lowest BCUT2D eigenvalue weighted by atomic mass is 10.2. The normalized spacial score (nSPS) is 10.7. The second-order valence-electron chi connectivity index (χ2n) is 5.01. The highest BCUT2D eigenvalue weighted by Gasteiger charge is 2.22. The van der Waals surface area contributed by atoms with E-state index in [1.807, 2.05) is 37.3 Å². The van der Waals surface area contributed by atoms with Crippen LogP contribution in [0.5, 0.6) is 0 Å². The molecule has 23 heavy (non-hydrogen) atoms. The number of thiophene rings is 1. The van der Waals surface area contributed by atoms with Crippen LogP contribution in [0, 0.1) is 6.92 Å². The molecule has 3 rings (SSSR count). The molecule has 5 nitrogen and oxygen atoms in total. The fourth-order valence-electron chi connectivity index (χ4n) is 2.61. The van der Waals surface area contributed by atoms with E-state index in [2.05, 4.69) is 21.8 Å². The molecule has 0 atom stereocenters. The third-order valence-electron chi connectivity index (χ3n) is 3.72. The maximum absolute atomic E-state index is 12.0. The van der Waals surface area contributed by atoms with Crippen LogP contribution in [0.25, 0.3) is 10.2 Å². The van der Waals surface area contributed by atoms with Gasteiger partial charge in [0.2, 0.25) is 0 Å². The number of benzene rings is 1. The number of anilines is 2. The summed E-state index contributed by atoms with van der Waals surface area (Å²) < 4.78 is 4.87. The van der Waals surface area contributed by atoms with Gasteiger partial charge in [-0.1, -0.05) is 18.2 Å². The van der Waals surface area contributed by atoms with Crippen LogP contribution in [-0.2, 0) is 4.74 Å². The molecule has 6 heteroatoms. The average molecular weight is 327 g/mol. The molecule has 0 aliphatic heterocycles. The molecule has 2 aromatic heterocycles. The summed E-state index contributed by atoms with van der Waals surface area (Å²) in [4.78, 5) is 24.2. The fraction of sp³-hybridized carbons (Fsp3) is 0.235. The monoisotopic (exact) mass is 327 g/mol. The molecule has 0 unspecified atom stereocenters. The number of aryl methyl sites for hydroxylation is 1. The number of nitrogens with zero attached hydrogens (tertiary/aromatic N) is 3. The minimum Gasteiger partial charge on any atom is -0.465 e. The molecule has 118 valence electrons. The fourth-order valence-corrected chi connectivity index (χ4v) is 3.67. The predicted molar refractivity (Wildman–Crippen MR) is 92.6 cm³/mol. The summed E-state index contributed by atoms with van der Waals surface area (Å²) in [6, 6.07) is 10.1. The van der Waals surface area contributed by atoms with E-state index in [0.717, 1.165) is 33.8 Å². The summed E-state index contributed by atoms with van der Waals surface area (Å²) in [5, 5.41) is 0.906. The summed E-state index contributed by atoms with van der Waals surface area (Å²) in [6.07, 6.45) is 1.54. The van der Waals surface area contributed by atoms with Crippen molar-refractivity contribution < 1.29 is 9.53 Å². The van der Waals surface area contributed by atoms with Gasteiger partial charge in [0.15, 0.2) is 0 Å². The molecular weight excluding hydrogens is 310 g/mol. The number of rotatable bonds is 4. The SMILES string of the molecule is CCN(c1ccccc1)c1ncnc2sc(C(=O)OC)c(C)c12. The van der Waals surface area contributed by atoms with E-state index < -0.39 is 0 Å². The zero-order valence-corrected chi connectivity index (χ0v) is 14.1. The first-order valence-corrected chi connectivity index (χ1v) is 8.14. The number of hydrogen-bond acceptors (Lipinski definition) is 6. The topological polar surface area (TPSA) is 55.3 Å². The van der Waals surface area contributed by atoms with Gasteiger partial charge in [0.25, 0.3) is 0 Å². The molecule has 0 aliphatic carbocycles. The minimum absolute atomic E-state index is 0.334. The summed E-state index contributed by atoms with van der Waals surface area (Å²) in [5.74, 6) is 0.479. The number of ether oxygens (including phenoxy) is 1. The van der Waals surface area contributed by atoms with Gasteiger partial charge < -0.3 is 9.64 Å². The van der Waals surface area contributed by atoms with E-state index in [0.29, 0.717) is 4.88 Å². The number of aromatic nitrogens is 2. The van der Waals surface area contributed by atoms with Crippen molar-refractivity contribution in [3.8, 4) is 0 Å². The van der Waals surface area contributed by atoms with Crippen molar-refractivity contribution in [2.24, 2.45) is 0 Å². The molecule has 0 radical (unpaired) electrons. The molecule has 0 bridgehead atoms. The van der Waals surface area contributed by atoms with E-state index in [4.69, 9.17) is 4.74 Å². The lowest BCUT2D eigenvalue weighted by Crippen LogP contribution is -2.17. The molecule has 0 spiro atoms. The third kappa shape index (κ3) is 2.66. The van der Waals surface area contributed by atoms with Crippen LogP contribution in [0.15, 0.2) is 36.7 Å². The van der Waals surface area contributed by atoms with Crippen LogP contribution in [0.1, 0.15) is 22.2 Å². The molecule has 0 saturated heterocycles. The summed E-state index contributed by atoms with van der Waals surface area (Å²) in [7, 11) is 1.39. The summed E-state index contributed by atoms with van der Waals surface area (Å²) >= 11 is 1.34. The maximum atomic E-state index is 12.0. The van der Waals surface area contributed by atoms with E-state index in [9.17, 15) is 4.79 Å². The van der Waals surface area contributed by atoms with Gasteiger partial charge in [-0.2, -0.15) is 0 Å². The van der Waals surface area contributed by atoms with Crippen LogP contribution in [0.3, 0.4) is 0 Å². The standard InChI is InChI=1S/C17H17N3O2S/c1-4-20(12-8-6-5-7-9-12)15-13-11(2)14(17(21)22-3)23-16(13)19-10-18-15/h5-10H,4H2,1-3H3. The molecule has 2 heterocycles. The predicted octanol–water partition coefficient (Wildman–Crippen LogP) is 3.94. The number of carbonyl (C=O) groups is 1. The van der Waals surface area contributed by atoms with Crippen LogP contribution in [-0.4, -0.2) is 29.6 Å². The molecule has 3 aromatic rings. The first-order valence-electron chi connectivity index (χ1n) is 7.32. The second-order valence-corrected chi connectivity index (χ2v) is 6.00. The smallest absolute Gasteiger partial charge is 0.348 e. The maximum Gasteiger partial charge on any atom is 0.348 e. The Hall–Kier alpha value is -2.47. The highest BCUT2D eigenvalue weighted by Crippen LogP contribution is 2.37. The highest BCUT2D eigenvalue weighted by atomic mass is 32.1. The zero-order valence-electron chi connectivity index (χ0n) is 13.2. The Kier molecular flexibility index (Phi) is 4.25. The van der Waals surface area contributed by atoms with Crippen LogP contribution in [0.4, 0.5) is 11.5 Å². The van der Waals surface area contributed by atoms with Crippen molar-refractivity contribution in [2.75, 3.05) is 18.6 Å². The van der Waals surface area contributed by atoms with Crippen molar-refractivity contribution in [3.05, 3.63) is 47.1 Å². The van der Waals surface area contributed by atoms with Gasteiger partial charge in [0.1, 0.15) is 21.9 Å². The van der Waals surface area contributed by atoms with E-state index >= 15 is 0 Å². The van der Waals surface area contributed by atoms with Gasteiger partial charge in [0, 0.05) is 12.2 Å². The van der Waals surface area contributed by atoms with Gasteiger partial charge in [-0.05, 0) is 31.5 Å². The first-order chi connectivity index (χ1) is 11.2. The number of methoxy groups -OCH3 is 1. The van der Waals surface area contributed by atoms with E-state index in [1.54, 1.807) is 6.33 Å². The third-order valence-corrected chi connectivity index (χ3v) is 4.90. The van der Waals surface area contributed by atoms with Gasteiger partial charge >= 0.3 is 5.97 Å². The highest BCUT2D eigenvalue weighted by molar-refractivity contribution is 7.20. The number of para-hydroxylation sites is 1. The van der Waals surface area contributed by atoms with Gasteiger partial charge in [-0.25, -0.2) is 14.8 Å². The zero-order chi connectivity index (χ0) is 16.4. The Labute approximate surface area is 138 Å². The molecule has 0 amide bonds. The first kappa shape index (κ1) is 15.4. The van der Waals surface area contributed by atoms with Gasteiger partial charge in [-0.15, -0.1) is 11.3 Å². The van der Waals surface area contributed by atoms with Crippen LogP contribution in [0.2, 0.25) is 0 Å². The van der Waals surface area contributed by atoms with Crippen LogP contribution < -0.4 is 4.90 Å². The van der Waals surface area contributed by atoms with Crippen molar-refractivity contribution in [3.63, 3.8) is 0 Å². The van der Waals surface area contributed by atoms with Crippen molar-refractivity contribution in [1.29, 1.82) is 0 Å². The number of carbonyl (C=O) groups excluding carboxylic acids is 1. The molecule has 0 saturated carbocycles. The number of hydrogen-bond donors (Lipinski definition) is 0. The number of esters is 1. The lowest BCUT2D eigenvalue weighted by molar-refractivity contribution is 0.0605. The van der Waals surface area contributed by atoms with E-state index in [1.165, 1.54) is 18.4 Å². The average Bonchev–Trinajstić information content (AvgIpc) is 2.93. The van der Waals surface area contributed by atoms with Gasteiger partial charge in [0.05, 0.1) is 12.5 Å². The molecule has 0 fully saturated rings. The quantitative estimate of drug-likeness (QED) is 0.679. The Bertz CT molecular complexity index is 846. The van der Waals surface area contributed by atoms with Crippen molar-refractivity contribution in [2.45, 2.75) is 13.8 Å². The summed E-state index contributed by atoms with van der Waals surface area (Å²) in [6.45, 7) is 4.75. The van der Waals surface area contributed by atoms with Crippen molar-refractivity contribution in [1.82, 2.24) is 9.97 Å². The Morgan fingerprint density at radius 3 is 2.65 bits per heavy atom. The molecule has 1 aromatic carbocycles. The molecular formula is C17H17N3O2S. The second kappa shape index (κ2) is 6.34. The molecule has 0 N–H and O–H groups in total. The van der Waals surface area contributed by atoms with Crippen molar-refractivity contribution >= 4 is 39.0 Å². The molecule has 0 aliphatic rings. The van der Waals surface area contributed by atoms with Crippen LogP contribution >= 0.6 is 11.3 Å².